The molecule has 3 atom stereocenters. The third-order valence-corrected chi connectivity index (χ3v) is 5.09. The van der Waals surface area contributed by atoms with E-state index in [2.05, 4.69) is 31.2 Å². The minimum absolute atomic E-state index is 0.00286. The van der Waals surface area contributed by atoms with Gasteiger partial charge in [0.1, 0.15) is 0 Å². The number of anilines is 1. The molecule has 3 N–H and O–H groups in total. The van der Waals surface area contributed by atoms with Crippen LogP contribution in [0, 0.1) is 24.2 Å². The van der Waals surface area contributed by atoms with E-state index >= 15 is 0 Å². The summed E-state index contributed by atoms with van der Waals surface area (Å²) in [6.07, 6.45) is 3.61. The summed E-state index contributed by atoms with van der Waals surface area (Å²) in [7, 11) is 1.86. The molecule has 0 saturated heterocycles. The van der Waals surface area contributed by atoms with Gasteiger partial charge in [-0.1, -0.05) is 20.8 Å². The Balaban J connectivity index is 2.15. The van der Waals surface area contributed by atoms with E-state index in [0.29, 0.717) is 5.92 Å². The summed E-state index contributed by atoms with van der Waals surface area (Å²) in [6, 6.07) is 0.189. The number of carbonyl (C=O) groups excluding carboxylic acids is 1. The van der Waals surface area contributed by atoms with Crippen molar-refractivity contribution in [3.63, 3.8) is 0 Å². The second-order valence-corrected chi connectivity index (χ2v) is 6.69. The first kappa shape index (κ1) is 15.0. The molecule has 0 bridgehead atoms. The summed E-state index contributed by atoms with van der Waals surface area (Å²) in [5.41, 5.74) is 7.71. The highest BCUT2D eigenvalue weighted by Gasteiger charge is 2.45. The SMILES string of the molecule is Cc1nn(C)cc1NC(=O)C1CCC(N)C(C)C1(C)C. The Labute approximate surface area is 120 Å². The highest BCUT2D eigenvalue weighted by molar-refractivity contribution is 5.93. The summed E-state index contributed by atoms with van der Waals surface area (Å²) >= 11 is 0. The average molecular weight is 278 g/mol. The van der Waals surface area contributed by atoms with E-state index in [-0.39, 0.29) is 23.3 Å². The van der Waals surface area contributed by atoms with Gasteiger partial charge in [-0.15, -0.1) is 0 Å². The topological polar surface area (TPSA) is 72.9 Å². The molecule has 0 spiro atoms. The van der Waals surface area contributed by atoms with Gasteiger partial charge in [-0.3, -0.25) is 9.48 Å². The van der Waals surface area contributed by atoms with Crippen molar-refractivity contribution in [2.45, 2.75) is 46.6 Å². The smallest absolute Gasteiger partial charge is 0.228 e. The number of carbonyl (C=O) groups is 1. The molecule has 5 nitrogen and oxygen atoms in total. The summed E-state index contributed by atoms with van der Waals surface area (Å²) in [4.78, 5) is 12.6. The predicted molar refractivity (Wildman–Crippen MR) is 80.2 cm³/mol. The molecule has 20 heavy (non-hydrogen) atoms. The summed E-state index contributed by atoms with van der Waals surface area (Å²) < 4.78 is 1.72. The Bertz CT molecular complexity index is 506. The Morgan fingerprint density at radius 3 is 2.70 bits per heavy atom. The molecule has 0 radical (unpaired) electrons. The van der Waals surface area contributed by atoms with Gasteiger partial charge >= 0.3 is 0 Å². The predicted octanol–water partition coefficient (Wildman–Crippen LogP) is 2.07. The molecule has 2 rings (SSSR count). The number of hydrogen-bond acceptors (Lipinski definition) is 3. The monoisotopic (exact) mass is 278 g/mol. The third kappa shape index (κ3) is 2.59. The van der Waals surface area contributed by atoms with Gasteiger partial charge in [-0.25, -0.2) is 0 Å². The number of rotatable bonds is 2. The van der Waals surface area contributed by atoms with E-state index in [9.17, 15) is 4.79 Å². The van der Waals surface area contributed by atoms with Gasteiger partial charge in [0.2, 0.25) is 5.91 Å². The Kier molecular flexibility index (Phi) is 3.91. The standard InChI is InChI=1S/C15H26N4O/c1-9-12(16)7-6-11(15(9,3)4)14(20)17-13-8-19(5)18-10(13)2/h8-9,11-12H,6-7,16H2,1-5H3,(H,17,20). The molecular weight excluding hydrogens is 252 g/mol. The van der Waals surface area contributed by atoms with Gasteiger partial charge in [-0.05, 0) is 31.1 Å². The van der Waals surface area contributed by atoms with Crippen molar-refractivity contribution in [2.75, 3.05) is 5.32 Å². The third-order valence-electron chi connectivity index (χ3n) is 5.09. The zero-order valence-corrected chi connectivity index (χ0v) is 13.1. The highest BCUT2D eigenvalue weighted by atomic mass is 16.1. The molecule has 5 heteroatoms. The van der Waals surface area contributed by atoms with Crippen molar-refractivity contribution in [1.29, 1.82) is 0 Å². The minimum Gasteiger partial charge on any atom is -0.327 e. The Morgan fingerprint density at radius 1 is 1.50 bits per heavy atom. The molecule has 1 saturated carbocycles. The fourth-order valence-corrected chi connectivity index (χ4v) is 3.26. The Hall–Kier alpha value is -1.36. The van der Waals surface area contributed by atoms with Crippen LogP contribution in [-0.4, -0.2) is 21.7 Å². The molecule has 1 amide bonds. The van der Waals surface area contributed by atoms with E-state index in [1.165, 1.54) is 0 Å². The Morgan fingerprint density at radius 2 is 2.15 bits per heavy atom. The largest absolute Gasteiger partial charge is 0.327 e. The summed E-state index contributed by atoms with van der Waals surface area (Å²) in [5, 5.41) is 7.28. The first-order valence-corrected chi connectivity index (χ1v) is 7.30. The van der Waals surface area contributed by atoms with Crippen molar-refractivity contribution < 1.29 is 4.79 Å². The fourth-order valence-electron chi connectivity index (χ4n) is 3.26. The quantitative estimate of drug-likeness (QED) is 0.869. The first-order valence-electron chi connectivity index (χ1n) is 7.30. The van der Waals surface area contributed by atoms with Crippen molar-refractivity contribution in [1.82, 2.24) is 9.78 Å². The maximum Gasteiger partial charge on any atom is 0.228 e. The first-order chi connectivity index (χ1) is 9.23. The van der Waals surface area contributed by atoms with Gasteiger partial charge in [0.25, 0.3) is 0 Å². The van der Waals surface area contributed by atoms with E-state index in [1.54, 1.807) is 4.68 Å². The van der Waals surface area contributed by atoms with Crippen molar-refractivity contribution in [2.24, 2.45) is 30.0 Å². The van der Waals surface area contributed by atoms with E-state index < -0.39 is 0 Å². The summed E-state index contributed by atoms with van der Waals surface area (Å²) in [5.74, 6) is 0.420. The van der Waals surface area contributed by atoms with Gasteiger partial charge in [0.15, 0.2) is 0 Å². The van der Waals surface area contributed by atoms with Crippen LogP contribution in [0.3, 0.4) is 0 Å². The van der Waals surface area contributed by atoms with Crippen LogP contribution < -0.4 is 11.1 Å². The normalized spacial score (nSPS) is 29.2. The fraction of sp³-hybridized carbons (Fsp3) is 0.733. The van der Waals surface area contributed by atoms with E-state index in [0.717, 1.165) is 24.2 Å². The zero-order chi connectivity index (χ0) is 15.1. The number of amides is 1. The second kappa shape index (κ2) is 5.20. The summed E-state index contributed by atoms with van der Waals surface area (Å²) in [6.45, 7) is 8.35. The number of nitrogens with one attached hydrogen (secondary N) is 1. The lowest BCUT2D eigenvalue weighted by Gasteiger charge is -2.45. The van der Waals surface area contributed by atoms with Crippen LogP contribution in [0.25, 0.3) is 0 Å². The molecule has 112 valence electrons. The molecule has 3 unspecified atom stereocenters. The van der Waals surface area contributed by atoms with Crippen molar-refractivity contribution >= 4 is 11.6 Å². The molecule has 1 aliphatic carbocycles. The number of nitrogens with zero attached hydrogens (tertiary/aromatic N) is 2. The maximum absolute atomic E-state index is 12.6. The number of nitrogens with two attached hydrogens (primary N) is 1. The van der Waals surface area contributed by atoms with Crippen LogP contribution in [0.5, 0.6) is 0 Å². The molecule has 1 aliphatic rings. The lowest BCUT2D eigenvalue weighted by Crippen LogP contribution is -2.50. The van der Waals surface area contributed by atoms with Crippen LogP contribution in [0.4, 0.5) is 5.69 Å². The van der Waals surface area contributed by atoms with Gasteiger partial charge in [-0.2, -0.15) is 5.10 Å². The van der Waals surface area contributed by atoms with Crippen LogP contribution in [0.1, 0.15) is 39.3 Å². The van der Waals surface area contributed by atoms with Crippen LogP contribution in [-0.2, 0) is 11.8 Å². The molecule has 0 aromatic carbocycles. The number of aryl methyl sites for hydroxylation is 2. The lowest BCUT2D eigenvalue weighted by molar-refractivity contribution is -0.127. The molecule has 1 aromatic heterocycles. The van der Waals surface area contributed by atoms with Crippen LogP contribution in [0.2, 0.25) is 0 Å². The van der Waals surface area contributed by atoms with E-state index in [1.807, 2.05) is 20.2 Å². The molecular formula is C15H26N4O. The van der Waals surface area contributed by atoms with Gasteiger partial charge < -0.3 is 11.1 Å². The van der Waals surface area contributed by atoms with Crippen LogP contribution >= 0.6 is 0 Å². The molecule has 1 aromatic rings. The molecule has 1 heterocycles. The lowest BCUT2D eigenvalue weighted by atomic mass is 9.61. The van der Waals surface area contributed by atoms with Crippen molar-refractivity contribution in [3.05, 3.63) is 11.9 Å². The average Bonchev–Trinajstić information content (AvgIpc) is 2.64. The minimum atomic E-state index is -0.0855. The van der Waals surface area contributed by atoms with E-state index in [4.69, 9.17) is 5.73 Å². The molecule has 1 fully saturated rings. The van der Waals surface area contributed by atoms with Gasteiger partial charge in [0, 0.05) is 25.2 Å². The zero-order valence-electron chi connectivity index (χ0n) is 13.1. The maximum atomic E-state index is 12.6. The highest BCUT2D eigenvalue weighted by Crippen LogP contribution is 2.44. The van der Waals surface area contributed by atoms with Crippen LogP contribution in [0.15, 0.2) is 6.20 Å². The number of aromatic nitrogens is 2. The second-order valence-electron chi connectivity index (χ2n) is 6.69. The number of hydrogen-bond donors (Lipinski definition) is 2. The van der Waals surface area contributed by atoms with Crippen molar-refractivity contribution in [3.8, 4) is 0 Å². The molecule has 0 aliphatic heterocycles. The van der Waals surface area contributed by atoms with Gasteiger partial charge in [0.05, 0.1) is 11.4 Å².